The van der Waals surface area contributed by atoms with Gasteiger partial charge in [0, 0.05) is 41.3 Å². The molecule has 4 rings (SSSR count). The maximum Gasteiger partial charge on any atom is 0.194 e. The molecule has 2 fully saturated rings. The van der Waals surface area contributed by atoms with E-state index >= 15 is 0 Å². The van der Waals surface area contributed by atoms with Crippen LogP contribution in [0.2, 0.25) is 0 Å². The molecule has 24 heavy (non-hydrogen) atoms. The zero-order valence-corrected chi connectivity index (χ0v) is 15.3. The van der Waals surface area contributed by atoms with Crippen molar-refractivity contribution in [2.45, 2.75) is 59.5 Å². The third kappa shape index (κ3) is 2.59. The van der Waals surface area contributed by atoms with Crippen LogP contribution in [0.25, 0.3) is 10.9 Å². The van der Waals surface area contributed by atoms with Crippen LogP contribution in [0.5, 0.6) is 0 Å². The van der Waals surface area contributed by atoms with Crippen molar-refractivity contribution in [1.29, 1.82) is 0 Å². The van der Waals surface area contributed by atoms with Gasteiger partial charge in [0.25, 0.3) is 0 Å². The summed E-state index contributed by atoms with van der Waals surface area (Å²) < 4.78 is 0. The highest BCUT2D eigenvalue weighted by Crippen LogP contribution is 2.52. The van der Waals surface area contributed by atoms with Crippen LogP contribution in [0.15, 0.2) is 29.1 Å². The number of hydrogen-bond acceptors (Lipinski definition) is 2. The van der Waals surface area contributed by atoms with E-state index in [1.807, 2.05) is 31.2 Å². The van der Waals surface area contributed by atoms with Crippen molar-refractivity contribution >= 4 is 10.9 Å². The minimum absolute atomic E-state index is 0.202. The first-order chi connectivity index (χ1) is 11.3. The van der Waals surface area contributed by atoms with E-state index in [-0.39, 0.29) is 5.43 Å². The van der Waals surface area contributed by atoms with Gasteiger partial charge in [-0.3, -0.25) is 9.69 Å². The summed E-state index contributed by atoms with van der Waals surface area (Å²) in [7, 11) is 0. The van der Waals surface area contributed by atoms with Gasteiger partial charge in [-0.25, -0.2) is 0 Å². The van der Waals surface area contributed by atoms with Crippen LogP contribution >= 0.6 is 0 Å². The Bertz CT molecular complexity index is 851. The van der Waals surface area contributed by atoms with Crippen LogP contribution in [0.1, 0.15) is 51.3 Å². The molecule has 1 saturated carbocycles. The molecule has 1 aromatic carbocycles. The Hall–Kier alpha value is -1.61. The van der Waals surface area contributed by atoms with Gasteiger partial charge in [-0.1, -0.05) is 32.9 Å². The van der Waals surface area contributed by atoms with E-state index in [4.69, 9.17) is 0 Å². The molecule has 2 atom stereocenters. The van der Waals surface area contributed by atoms with Gasteiger partial charge < -0.3 is 4.98 Å². The number of H-pyrrole nitrogens is 1. The number of aromatic nitrogens is 1. The number of nitrogens with zero attached hydrogens (tertiary/aromatic N) is 1. The zero-order chi connectivity index (χ0) is 17.1. The first-order valence-electron chi connectivity index (χ1n) is 9.11. The summed E-state index contributed by atoms with van der Waals surface area (Å²) in [4.78, 5) is 19.0. The van der Waals surface area contributed by atoms with Crippen LogP contribution in [0.3, 0.4) is 0 Å². The molecular formula is C21H28N2O. The molecule has 1 N–H and O–H groups in total. The summed E-state index contributed by atoms with van der Waals surface area (Å²) in [5.74, 6) is 0. The number of rotatable bonds is 2. The van der Waals surface area contributed by atoms with E-state index in [9.17, 15) is 4.79 Å². The standard InChI is InChI=1S/C21H28N2O/c1-14-17(19(24)16-7-5-6-8-18(16)22-14)11-23-13-21(4)10-15(23)9-20(2,3)12-21/h5-8,15H,9-13H2,1-4H3,(H,22,24)/t15-,21+/m1/s1. The largest absolute Gasteiger partial charge is 0.358 e. The highest BCUT2D eigenvalue weighted by molar-refractivity contribution is 5.79. The molecule has 0 radical (unpaired) electrons. The molecule has 1 aliphatic carbocycles. The Kier molecular flexibility index (Phi) is 3.44. The van der Waals surface area contributed by atoms with E-state index < -0.39 is 0 Å². The number of nitrogens with one attached hydrogen (secondary N) is 1. The molecule has 1 aromatic heterocycles. The lowest BCUT2D eigenvalue weighted by molar-refractivity contribution is 0.126. The van der Waals surface area contributed by atoms with Gasteiger partial charge in [-0.15, -0.1) is 0 Å². The number of aryl methyl sites for hydroxylation is 1. The molecule has 3 heteroatoms. The number of pyridine rings is 1. The van der Waals surface area contributed by atoms with Gasteiger partial charge in [-0.05, 0) is 49.1 Å². The molecule has 2 aliphatic rings. The predicted octanol–water partition coefficient (Wildman–Crippen LogP) is 4.24. The van der Waals surface area contributed by atoms with Gasteiger partial charge >= 0.3 is 0 Å². The summed E-state index contributed by atoms with van der Waals surface area (Å²) in [6, 6.07) is 8.46. The molecular weight excluding hydrogens is 296 g/mol. The van der Waals surface area contributed by atoms with Gasteiger partial charge in [-0.2, -0.15) is 0 Å². The Morgan fingerprint density at radius 2 is 1.96 bits per heavy atom. The maximum absolute atomic E-state index is 13.0. The van der Waals surface area contributed by atoms with Crippen LogP contribution < -0.4 is 5.43 Å². The number of hydrogen-bond donors (Lipinski definition) is 1. The molecule has 0 spiro atoms. The molecule has 128 valence electrons. The molecule has 3 nitrogen and oxygen atoms in total. The molecule has 1 saturated heterocycles. The Labute approximate surface area is 144 Å². The minimum Gasteiger partial charge on any atom is -0.358 e. The summed E-state index contributed by atoms with van der Waals surface area (Å²) >= 11 is 0. The first-order valence-corrected chi connectivity index (χ1v) is 9.11. The molecule has 0 unspecified atom stereocenters. The van der Waals surface area contributed by atoms with Gasteiger partial charge in [0.2, 0.25) is 0 Å². The first kappa shape index (κ1) is 15.9. The monoisotopic (exact) mass is 324 g/mol. The average Bonchev–Trinajstić information content (AvgIpc) is 2.72. The Morgan fingerprint density at radius 1 is 1.21 bits per heavy atom. The smallest absolute Gasteiger partial charge is 0.194 e. The lowest BCUT2D eigenvalue weighted by atomic mass is 9.65. The lowest BCUT2D eigenvalue weighted by Crippen LogP contribution is -2.35. The SMILES string of the molecule is Cc1[nH]c2ccccc2c(=O)c1CN1C[C@@]2(C)C[C@H]1CC(C)(C)C2. The van der Waals surface area contributed by atoms with Crippen molar-refractivity contribution in [3.05, 3.63) is 45.7 Å². The molecule has 2 aromatic rings. The summed E-state index contributed by atoms with van der Waals surface area (Å²) in [5.41, 5.74) is 3.93. The van der Waals surface area contributed by atoms with Crippen molar-refractivity contribution in [2.24, 2.45) is 10.8 Å². The lowest BCUT2D eigenvalue weighted by Gasteiger charge is -2.40. The number of likely N-dealkylation sites (tertiary alicyclic amines) is 1. The molecule has 1 aliphatic heterocycles. The highest BCUT2D eigenvalue weighted by atomic mass is 16.1. The van der Waals surface area contributed by atoms with Crippen LogP contribution in [0.4, 0.5) is 0 Å². The van der Waals surface area contributed by atoms with Crippen molar-refractivity contribution in [2.75, 3.05) is 6.54 Å². The average molecular weight is 324 g/mol. The predicted molar refractivity (Wildman–Crippen MR) is 99.2 cm³/mol. The summed E-state index contributed by atoms with van der Waals surface area (Å²) in [6.07, 6.45) is 3.81. The zero-order valence-electron chi connectivity index (χ0n) is 15.3. The maximum atomic E-state index is 13.0. The second-order valence-corrected chi connectivity index (χ2v) is 9.22. The molecule has 2 heterocycles. The third-order valence-corrected chi connectivity index (χ3v) is 6.10. The summed E-state index contributed by atoms with van der Waals surface area (Å²) in [6.45, 7) is 11.2. The van der Waals surface area contributed by atoms with Gasteiger partial charge in [0.05, 0.1) is 0 Å². The molecule has 0 amide bonds. The quantitative estimate of drug-likeness (QED) is 0.897. The number of fused-ring (bicyclic) bond motifs is 3. The third-order valence-electron chi connectivity index (χ3n) is 6.10. The topological polar surface area (TPSA) is 36.1 Å². The van der Waals surface area contributed by atoms with Gasteiger partial charge in [0.1, 0.15) is 0 Å². The van der Waals surface area contributed by atoms with E-state index in [2.05, 4.69) is 30.7 Å². The van der Waals surface area contributed by atoms with E-state index in [0.29, 0.717) is 16.9 Å². The molecule has 2 bridgehead atoms. The highest BCUT2D eigenvalue weighted by Gasteiger charge is 2.49. The number of benzene rings is 1. The van der Waals surface area contributed by atoms with Crippen molar-refractivity contribution in [1.82, 2.24) is 9.88 Å². The normalized spacial score (nSPS) is 29.2. The van der Waals surface area contributed by atoms with Crippen LogP contribution in [-0.4, -0.2) is 22.5 Å². The second kappa shape index (κ2) is 5.19. The summed E-state index contributed by atoms with van der Waals surface area (Å²) in [5, 5.41) is 0.812. The van der Waals surface area contributed by atoms with Crippen molar-refractivity contribution in [3.8, 4) is 0 Å². The number of aromatic amines is 1. The second-order valence-electron chi connectivity index (χ2n) is 9.22. The van der Waals surface area contributed by atoms with Gasteiger partial charge in [0.15, 0.2) is 5.43 Å². The fourth-order valence-electron chi connectivity index (χ4n) is 5.56. The Balaban J connectivity index is 1.70. The van der Waals surface area contributed by atoms with Crippen LogP contribution in [-0.2, 0) is 6.54 Å². The Morgan fingerprint density at radius 3 is 2.75 bits per heavy atom. The van der Waals surface area contributed by atoms with Crippen LogP contribution in [0, 0.1) is 17.8 Å². The van der Waals surface area contributed by atoms with E-state index in [1.54, 1.807) is 0 Å². The van der Waals surface area contributed by atoms with E-state index in [1.165, 1.54) is 19.3 Å². The van der Waals surface area contributed by atoms with E-state index in [0.717, 1.165) is 35.2 Å². The minimum atomic E-state index is 0.202. The fourth-order valence-corrected chi connectivity index (χ4v) is 5.56. The van der Waals surface area contributed by atoms with Crippen molar-refractivity contribution in [3.63, 3.8) is 0 Å². The fraction of sp³-hybridized carbons (Fsp3) is 0.571. The number of para-hydroxylation sites is 1. The van der Waals surface area contributed by atoms with Crippen molar-refractivity contribution < 1.29 is 0 Å².